The lowest BCUT2D eigenvalue weighted by molar-refractivity contribution is -0.148. The fourth-order valence-electron chi connectivity index (χ4n) is 4.55. The van der Waals surface area contributed by atoms with Crippen LogP contribution < -0.4 is 5.32 Å². The molecule has 1 aromatic carbocycles. The summed E-state index contributed by atoms with van der Waals surface area (Å²) in [4.78, 5) is 27.3. The second-order valence-electron chi connectivity index (χ2n) is 6.47. The van der Waals surface area contributed by atoms with Crippen LogP contribution >= 0.6 is 0 Å². The molecule has 0 unspecified atom stereocenters. The Morgan fingerprint density at radius 2 is 2.35 bits per heavy atom. The third-order valence-electron chi connectivity index (χ3n) is 5.41. The van der Waals surface area contributed by atoms with Crippen molar-refractivity contribution in [3.05, 3.63) is 29.6 Å². The minimum Gasteiger partial charge on any atom is -0.466 e. The molecule has 3 aliphatic heterocycles. The highest BCUT2D eigenvalue weighted by atomic mass is 19.1. The summed E-state index contributed by atoms with van der Waals surface area (Å²) in [7, 11) is 0. The van der Waals surface area contributed by atoms with Crippen molar-refractivity contribution in [2.45, 2.75) is 37.8 Å². The minimum absolute atomic E-state index is 0.00554. The molecule has 1 aromatic rings. The number of nitrogens with one attached hydrogen (secondary N) is 1. The summed E-state index contributed by atoms with van der Waals surface area (Å²) in [6.07, 6.45) is 2.15. The zero-order valence-electron chi connectivity index (χ0n) is 13.0. The molecule has 5 nitrogen and oxygen atoms in total. The Hall–Kier alpha value is -1.95. The molecule has 1 N–H and O–H groups in total. The van der Waals surface area contributed by atoms with Crippen LogP contribution in [0.4, 0.5) is 10.1 Å². The maximum Gasteiger partial charge on any atom is 0.310 e. The molecule has 2 saturated heterocycles. The third-order valence-corrected chi connectivity index (χ3v) is 5.41. The van der Waals surface area contributed by atoms with Gasteiger partial charge < -0.3 is 10.1 Å². The van der Waals surface area contributed by atoms with Gasteiger partial charge in [0.1, 0.15) is 11.4 Å². The maximum absolute atomic E-state index is 13.8. The van der Waals surface area contributed by atoms with Gasteiger partial charge in [-0.25, -0.2) is 4.39 Å². The van der Waals surface area contributed by atoms with Crippen LogP contribution in [0, 0.1) is 11.7 Å². The first-order valence-electron chi connectivity index (χ1n) is 8.13. The Morgan fingerprint density at radius 1 is 1.52 bits per heavy atom. The average Bonchev–Trinajstić information content (AvgIpc) is 3.16. The van der Waals surface area contributed by atoms with Crippen LogP contribution in [0.2, 0.25) is 0 Å². The number of hydrogen-bond donors (Lipinski definition) is 1. The molecule has 1 spiro atoms. The van der Waals surface area contributed by atoms with Crippen molar-refractivity contribution in [2.75, 3.05) is 18.5 Å². The number of anilines is 1. The van der Waals surface area contributed by atoms with Gasteiger partial charge in [-0.15, -0.1) is 0 Å². The van der Waals surface area contributed by atoms with Crippen LogP contribution in [0.5, 0.6) is 0 Å². The summed E-state index contributed by atoms with van der Waals surface area (Å²) in [5.74, 6) is -1.11. The van der Waals surface area contributed by atoms with Crippen molar-refractivity contribution in [1.82, 2.24) is 4.90 Å². The highest BCUT2D eigenvalue weighted by Gasteiger charge is 2.63. The van der Waals surface area contributed by atoms with Gasteiger partial charge >= 0.3 is 5.97 Å². The molecule has 3 heterocycles. The van der Waals surface area contributed by atoms with E-state index in [1.165, 1.54) is 12.1 Å². The number of hydrogen-bond acceptors (Lipinski definition) is 4. The molecule has 0 bridgehead atoms. The van der Waals surface area contributed by atoms with Gasteiger partial charge in [0, 0.05) is 17.3 Å². The second kappa shape index (κ2) is 5.03. The Kier molecular flexibility index (Phi) is 3.20. The largest absolute Gasteiger partial charge is 0.466 e. The predicted octanol–water partition coefficient (Wildman–Crippen LogP) is 2.02. The first kappa shape index (κ1) is 14.6. The van der Waals surface area contributed by atoms with Gasteiger partial charge in [0.15, 0.2) is 0 Å². The van der Waals surface area contributed by atoms with Gasteiger partial charge in [-0.3, -0.25) is 14.5 Å². The highest BCUT2D eigenvalue weighted by Crippen LogP contribution is 2.54. The molecule has 0 radical (unpaired) electrons. The quantitative estimate of drug-likeness (QED) is 0.848. The highest BCUT2D eigenvalue weighted by molar-refractivity contribution is 6.06. The number of fused-ring (bicyclic) bond motifs is 4. The molecule has 6 heteroatoms. The van der Waals surface area contributed by atoms with Crippen LogP contribution in [0.3, 0.4) is 0 Å². The Bertz CT molecular complexity index is 692. The molecule has 3 aliphatic rings. The van der Waals surface area contributed by atoms with E-state index < -0.39 is 5.54 Å². The van der Waals surface area contributed by atoms with Gasteiger partial charge in [0.2, 0.25) is 5.91 Å². The van der Waals surface area contributed by atoms with Gasteiger partial charge in [0.25, 0.3) is 0 Å². The molecule has 1 amide bonds. The first-order valence-corrected chi connectivity index (χ1v) is 8.13. The smallest absolute Gasteiger partial charge is 0.310 e. The topological polar surface area (TPSA) is 58.6 Å². The summed E-state index contributed by atoms with van der Waals surface area (Å²) >= 11 is 0. The van der Waals surface area contributed by atoms with Gasteiger partial charge in [-0.05, 0) is 50.9 Å². The Balaban J connectivity index is 1.81. The Labute approximate surface area is 133 Å². The normalized spacial score (nSPS) is 32.0. The van der Waals surface area contributed by atoms with E-state index in [9.17, 15) is 14.0 Å². The molecule has 0 aromatic heterocycles. The van der Waals surface area contributed by atoms with Crippen molar-refractivity contribution in [3.8, 4) is 0 Å². The fourth-order valence-corrected chi connectivity index (χ4v) is 4.55. The van der Waals surface area contributed by atoms with E-state index in [0.29, 0.717) is 24.3 Å². The molecule has 23 heavy (non-hydrogen) atoms. The monoisotopic (exact) mass is 318 g/mol. The predicted molar refractivity (Wildman–Crippen MR) is 81.2 cm³/mol. The van der Waals surface area contributed by atoms with Crippen LogP contribution in [0.15, 0.2) is 18.2 Å². The number of esters is 1. The van der Waals surface area contributed by atoms with Crippen LogP contribution in [-0.4, -0.2) is 36.0 Å². The molecule has 4 rings (SSSR count). The number of ether oxygens (including phenoxy) is 1. The van der Waals surface area contributed by atoms with E-state index >= 15 is 0 Å². The van der Waals surface area contributed by atoms with Crippen molar-refractivity contribution in [1.29, 1.82) is 0 Å². The van der Waals surface area contributed by atoms with Crippen molar-refractivity contribution in [2.24, 2.45) is 5.92 Å². The molecular weight excluding hydrogens is 299 g/mol. The van der Waals surface area contributed by atoms with Crippen molar-refractivity contribution >= 4 is 17.6 Å². The molecular formula is C17H19FN2O3. The van der Waals surface area contributed by atoms with Crippen LogP contribution in [-0.2, 0) is 19.9 Å². The zero-order chi connectivity index (χ0) is 16.2. The molecule has 3 atom stereocenters. The summed E-state index contributed by atoms with van der Waals surface area (Å²) < 4.78 is 19.0. The van der Waals surface area contributed by atoms with E-state index in [4.69, 9.17) is 4.74 Å². The zero-order valence-corrected chi connectivity index (χ0v) is 13.0. The second-order valence-corrected chi connectivity index (χ2v) is 6.47. The lowest BCUT2D eigenvalue weighted by Crippen LogP contribution is -2.47. The van der Waals surface area contributed by atoms with E-state index in [2.05, 4.69) is 10.2 Å². The standard InChI is InChI=1S/C17H19FN2O3/c1-2-23-15(21)11-9-17(20-7-3-4-14(11)20)12-8-10(18)5-6-13(12)19-16(17)22/h5-6,8,11,14H,2-4,7,9H2,1H3,(H,19,22)/t11-,14+,17-/m0/s1. The van der Waals surface area contributed by atoms with E-state index in [1.54, 1.807) is 13.0 Å². The number of benzene rings is 1. The third kappa shape index (κ3) is 1.87. The summed E-state index contributed by atoms with van der Waals surface area (Å²) in [5, 5.41) is 2.86. The maximum atomic E-state index is 13.8. The average molecular weight is 318 g/mol. The summed E-state index contributed by atoms with van der Waals surface area (Å²) in [6.45, 7) is 2.85. The number of halogens is 1. The Morgan fingerprint density at radius 3 is 3.13 bits per heavy atom. The first-order chi connectivity index (χ1) is 11.1. The lowest BCUT2D eigenvalue weighted by Gasteiger charge is -2.32. The van der Waals surface area contributed by atoms with Crippen molar-refractivity contribution < 1.29 is 18.7 Å². The number of carbonyl (C=O) groups excluding carboxylic acids is 2. The van der Waals surface area contributed by atoms with Gasteiger partial charge in [-0.1, -0.05) is 0 Å². The minimum atomic E-state index is -0.934. The molecule has 122 valence electrons. The fraction of sp³-hybridized carbons (Fsp3) is 0.529. The number of rotatable bonds is 2. The SMILES string of the molecule is CCOC(=O)[C@H]1C[C@]2(C(=O)Nc3ccc(F)cc32)N2CCC[C@H]12. The summed E-state index contributed by atoms with van der Waals surface area (Å²) in [6, 6.07) is 4.36. The van der Waals surface area contributed by atoms with Crippen LogP contribution in [0.1, 0.15) is 31.7 Å². The van der Waals surface area contributed by atoms with E-state index in [0.717, 1.165) is 19.4 Å². The number of amides is 1. The summed E-state index contributed by atoms with van der Waals surface area (Å²) in [5.41, 5.74) is 0.364. The van der Waals surface area contributed by atoms with Gasteiger partial charge in [0.05, 0.1) is 12.5 Å². The molecule has 2 fully saturated rings. The molecule has 0 saturated carbocycles. The lowest BCUT2D eigenvalue weighted by atomic mass is 9.84. The van der Waals surface area contributed by atoms with E-state index in [1.807, 2.05) is 0 Å². The van der Waals surface area contributed by atoms with Gasteiger partial charge in [-0.2, -0.15) is 0 Å². The number of carbonyl (C=O) groups is 2. The molecule has 0 aliphatic carbocycles. The van der Waals surface area contributed by atoms with Crippen molar-refractivity contribution in [3.63, 3.8) is 0 Å². The van der Waals surface area contributed by atoms with Crippen LogP contribution in [0.25, 0.3) is 0 Å². The van der Waals surface area contributed by atoms with E-state index in [-0.39, 0.29) is 29.7 Å². The number of nitrogens with zero attached hydrogens (tertiary/aromatic N) is 1.